The van der Waals surface area contributed by atoms with Crippen LogP contribution in [0.5, 0.6) is 0 Å². The maximum Gasteiger partial charge on any atom is 0.308 e. The second-order valence-electron chi connectivity index (χ2n) is 3.04. The molecule has 0 saturated carbocycles. The molecule has 0 amide bonds. The average molecular weight is 323 g/mol. The third kappa shape index (κ3) is 5.80. The van der Waals surface area contributed by atoms with Crippen LogP contribution in [-0.2, 0) is 0 Å². The zero-order chi connectivity index (χ0) is 12.7. The molecule has 0 fully saturated rings. The Kier molecular flexibility index (Phi) is 7.01. The molecule has 0 atom stereocenters. The largest absolute Gasteiger partial charge is 0.308 e. The van der Waals surface area contributed by atoms with E-state index in [1.54, 1.807) is 6.07 Å². The molecule has 0 spiro atoms. The van der Waals surface area contributed by atoms with Crippen molar-refractivity contribution in [3.63, 3.8) is 0 Å². The zero-order valence-corrected chi connectivity index (χ0v) is 12.7. The summed E-state index contributed by atoms with van der Waals surface area (Å²) in [4.78, 5) is 0. The molecule has 0 heterocycles. The molecule has 1 radical (unpaired) electrons. The lowest BCUT2D eigenvalue weighted by Gasteiger charge is -1.99. The fourth-order valence-corrected chi connectivity index (χ4v) is 3.36. The molecular formula is C12H9Cl4Si. The smallest absolute Gasteiger partial charge is 0.140 e. The van der Waals surface area contributed by atoms with Gasteiger partial charge in [0.2, 0.25) is 0 Å². The SMILES string of the molecule is Clc1ccccc1.Clc1ccccc1[Si](Cl)Cl. The van der Waals surface area contributed by atoms with Gasteiger partial charge in [-0.1, -0.05) is 59.6 Å². The van der Waals surface area contributed by atoms with E-state index in [4.69, 9.17) is 45.4 Å². The van der Waals surface area contributed by atoms with E-state index < -0.39 is 7.42 Å². The summed E-state index contributed by atoms with van der Waals surface area (Å²) in [5.41, 5.74) is 0. The van der Waals surface area contributed by atoms with Crippen LogP contribution in [0.15, 0.2) is 54.6 Å². The van der Waals surface area contributed by atoms with Crippen molar-refractivity contribution < 1.29 is 0 Å². The molecule has 0 aliphatic rings. The van der Waals surface area contributed by atoms with Gasteiger partial charge in [-0.15, -0.1) is 22.2 Å². The maximum atomic E-state index is 5.78. The van der Waals surface area contributed by atoms with E-state index in [1.807, 2.05) is 48.5 Å². The molecule has 0 N–H and O–H groups in total. The number of hydrogen-bond donors (Lipinski definition) is 0. The summed E-state index contributed by atoms with van der Waals surface area (Å²) in [5.74, 6) is 0. The molecule has 0 bridgehead atoms. The van der Waals surface area contributed by atoms with Crippen molar-refractivity contribution in [2.24, 2.45) is 0 Å². The number of benzene rings is 2. The Morgan fingerprint density at radius 2 is 1.24 bits per heavy atom. The van der Waals surface area contributed by atoms with Gasteiger partial charge in [-0.3, -0.25) is 0 Å². The van der Waals surface area contributed by atoms with Gasteiger partial charge in [-0.2, -0.15) is 0 Å². The Balaban J connectivity index is 0.000000181. The highest BCUT2D eigenvalue weighted by Gasteiger charge is 2.09. The topological polar surface area (TPSA) is 0 Å². The van der Waals surface area contributed by atoms with Gasteiger partial charge < -0.3 is 0 Å². The van der Waals surface area contributed by atoms with Crippen LogP contribution in [0.3, 0.4) is 0 Å². The number of halogens is 4. The highest BCUT2D eigenvalue weighted by atomic mass is 35.7. The van der Waals surface area contributed by atoms with Crippen LogP contribution in [0.25, 0.3) is 0 Å². The summed E-state index contributed by atoms with van der Waals surface area (Å²) >= 11 is 22.7. The van der Waals surface area contributed by atoms with Crippen LogP contribution >= 0.6 is 45.4 Å². The summed E-state index contributed by atoms with van der Waals surface area (Å²) in [6.45, 7) is 0. The normalized spacial score (nSPS) is 9.71. The Bertz CT molecular complexity index is 445. The summed E-state index contributed by atoms with van der Waals surface area (Å²) in [7, 11) is -1.43. The van der Waals surface area contributed by atoms with E-state index >= 15 is 0 Å². The Labute approximate surface area is 122 Å². The Hall–Kier alpha value is -0.183. The Morgan fingerprint density at radius 1 is 0.706 bits per heavy atom. The van der Waals surface area contributed by atoms with E-state index in [0.29, 0.717) is 5.02 Å². The first-order valence-electron chi connectivity index (χ1n) is 4.74. The molecule has 2 aromatic carbocycles. The minimum atomic E-state index is -1.43. The number of hydrogen-bond acceptors (Lipinski definition) is 0. The highest BCUT2D eigenvalue weighted by Crippen LogP contribution is 2.08. The van der Waals surface area contributed by atoms with Crippen LogP contribution in [0.1, 0.15) is 0 Å². The lowest BCUT2D eigenvalue weighted by Crippen LogP contribution is -2.18. The molecule has 2 rings (SSSR count). The molecule has 5 heteroatoms. The lowest BCUT2D eigenvalue weighted by atomic mass is 10.4. The second kappa shape index (κ2) is 8.01. The van der Waals surface area contributed by atoms with Crippen molar-refractivity contribution in [3.05, 3.63) is 64.6 Å². The standard InChI is InChI=1S/C6H4Cl3Si.C6H5Cl/c7-5-3-1-2-4-6(5)10(8)9;7-6-4-2-1-3-5-6/h1-4H;1-5H. The minimum Gasteiger partial charge on any atom is -0.140 e. The summed E-state index contributed by atoms with van der Waals surface area (Å²) in [5, 5.41) is 2.31. The van der Waals surface area contributed by atoms with Gasteiger partial charge in [0.25, 0.3) is 0 Å². The molecule has 2 aromatic rings. The molecule has 17 heavy (non-hydrogen) atoms. The second-order valence-corrected chi connectivity index (χ2v) is 7.79. The van der Waals surface area contributed by atoms with Crippen molar-refractivity contribution in [2.45, 2.75) is 0 Å². The van der Waals surface area contributed by atoms with Crippen LogP contribution < -0.4 is 5.19 Å². The van der Waals surface area contributed by atoms with Crippen molar-refractivity contribution in [1.29, 1.82) is 0 Å². The molecule has 0 nitrogen and oxygen atoms in total. The van der Waals surface area contributed by atoms with Crippen molar-refractivity contribution in [1.82, 2.24) is 0 Å². The van der Waals surface area contributed by atoms with Gasteiger partial charge in [0.05, 0.1) is 0 Å². The van der Waals surface area contributed by atoms with Crippen LogP contribution in [-0.4, -0.2) is 7.42 Å². The predicted octanol–water partition coefficient (Wildman–Crippen LogP) is 4.85. The third-order valence-electron chi connectivity index (χ3n) is 1.81. The lowest BCUT2D eigenvalue weighted by molar-refractivity contribution is 1.71. The molecule has 0 saturated heterocycles. The predicted molar refractivity (Wildman–Crippen MR) is 80.0 cm³/mol. The quantitative estimate of drug-likeness (QED) is 0.520. The van der Waals surface area contributed by atoms with Crippen molar-refractivity contribution >= 4 is 58.0 Å². The molecule has 89 valence electrons. The molecule has 0 aromatic heterocycles. The van der Waals surface area contributed by atoms with Gasteiger partial charge >= 0.3 is 7.42 Å². The minimum absolute atomic E-state index is 0.654. The molecule has 0 unspecified atom stereocenters. The fraction of sp³-hybridized carbons (Fsp3) is 0. The van der Waals surface area contributed by atoms with E-state index in [9.17, 15) is 0 Å². The fourth-order valence-electron chi connectivity index (χ4n) is 1.03. The molecular weight excluding hydrogens is 314 g/mol. The van der Waals surface area contributed by atoms with Crippen LogP contribution in [0.4, 0.5) is 0 Å². The Morgan fingerprint density at radius 3 is 1.59 bits per heavy atom. The van der Waals surface area contributed by atoms with Gasteiger partial charge in [0, 0.05) is 10.0 Å². The van der Waals surface area contributed by atoms with Gasteiger partial charge in [0.1, 0.15) is 0 Å². The maximum absolute atomic E-state index is 5.78. The van der Waals surface area contributed by atoms with Gasteiger partial charge in [-0.05, 0) is 23.4 Å². The summed E-state index contributed by atoms with van der Waals surface area (Å²) < 4.78 is 0. The highest BCUT2D eigenvalue weighted by molar-refractivity contribution is 7.39. The summed E-state index contributed by atoms with van der Waals surface area (Å²) in [6, 6.07) is 16.8. The van der Waals surface area contributed by atoms with E-state index in [-0.39, 0.29) is 0 Å². The monoisotopic (exact) mass is 321 g/mol. The van der Waals surface area contributed by atoms with Crippen molar-refractivity contribution in [2.75, 3.05) is 0 Å². The molecule has 0 aliphatic carbocycles. The van der Waals surface area contributed by atoms with Crippen molar-refractivity contribution in [3.8, 4) is 0 Å². The van der Waals surface area contributed by atoms with E-state index in [1.165, 1.54) is 0 Å². The zero-order valence-electron chi connectivity index (χ0n) is 8.71. The summed E-state index contributed by atoms with van der Waals surface area (Å²) in [6.07, 6.45) is 0. The first-order chi connectivity index (χ1) is 8.11. The third-order valence-corrected chi connectivity index (χ3v) is 4.62. The van der Waals surface area contributed by atoms with E-state index in [2.05, 4.69) is 0 Å². The van der Waals surface area contributed by atoms with Crippen LogP contribution in [0.2, 0.25) is 10.0 Å². The number of rotatable bonds is 1. The first kappa shape index (κ1) is 14.9. The first-order valence-corrected chi connectivity index (χ1v) is 9.02. The van der Waals surface area contributed by atoms with Gasteiger partial charge in [0.15, 0.2) is 0 Å². The van der Waals surface area contributed by atoms with Crippen LogP contribution in [0, 0.1) is 0 Å². The van der Waals surface area contributed by atoms with E-state index in [0.717, 1.165) is 10.2 Å². The molecule has 0 aliphatic heterocycles. The van der Waals surface area contributed by atoms with Gasteiger partial charge in [-0.25, -0.2) is 0 Å². The average Bonchev–Trinajstić information content (AvgIpc) is 2.31.